The van der Waals surface area contributed by atoms with Gasteiger partial charge in [0.05, 0.1) is 22.8 Å². The molecule has 0 radical (unpaired) electrons. The van der Waals surface area contributed by atoms with E-state index in [4.69, 9.17) is 4.98 Å². The predicted molar refractivity (Wildman–Crippen MR) is 129 cm³/mol. The molecule has 2 aromatic carbocycles. The van der Waals surface area contributed by atoms with Crippen LogP contribution in [0.1, 0.15) is 43.6 Å². The lowest BCUT2D eigenvalue weighted by atomic mass is 10.1. The molecule has 0 saturated carbocycles. The van der Waals surface area contributed by atoms with E-state index in [2.05, 4.69) is 80.8 Å². The van der Waals surface area contributed by atoms with Crippen LogP contribution in [0.5, 0.6) is 0 Å². The molecule has 1 atom stereocenters. The first-order chi connectivity index (χ1) is 15.8. The van der Waals surface area contributed by atoms with Crippen molar-refractivity contribution in [1.82, 2.24) is 30.1 Å². The number of aromatic nitrogens is 5. The Balaban J connectivity index is 1.31. The number of anilines is 1. The second kappa shape index (κ2) is 9.75. The van der Waals surface area contributed by atoms with Crippen LogP contribution in [0.4, 0.5) is 5.13 Å². The summed E-state index contributed by atoms with van der Waals surface area (Å²) in [4.78, 5) is 9.84. The van der Waals surface area contributed by atoms with Crippen LogP contribution < -0.4 is 4.90 Å². The van der Waals surface area contributed by atoms with Gasteiger partial charge in [-0.3, -0.25) is 4.90 Å². The molecule has 0 bridgehead atoms. The molecule has 1 aliphatic rings. The lowest BCUT2D eigenvalue weighted by Crippen LogP contribution is -2.48. The minimum absolute atomic E-state index is 0.242. The van der Waals surface area contributed by atoms with Gasteiger partial charge in [0.25, 0.3) is 0 Å². The maximum Gasteiger partial charge on any atom is 0.186 e. The molecule has 32 heavy (non-hydrogen) atoms. The maximum atomic E-state index is 4.86. The van der Waals surface area contributed by atoms with E-state index in [1.807, 2.05) is 10.7 Å². The van der Waals surface area contributed by atoms with E-state index in [9.17, 15) is 0 Å². The SMILES string of the molecule is CCCC[C@H](c1nnnn1Cc1ccccc1)N1CCN(c2nc3ccccc3s2)CC1. The van der Waals surface area contributed by atoms with Crippen LogP contribution in [0.3, 0.4) is 0 Å². The number of tetrazole rings is 1. The number of fused-ring (bicyclic) bond motifs is 1. The maximum absolute atomic E-state index is 4.86. The van der Waals surface area contributed by atoms with Crippen LogP contribution in [0.25, 0.3) is 10.2 Å². The van der Waals surface area contributed by atoms with E-state index in [1.165, 1.54) is 23.1 Å². The minimum atomic E-state index is 0.242. The van der Waals surface area contributed by atoms with Crippen LogP contribution >= 0.6 is 11.3 Å². The molecule has 0 amide bonds. The molecule has 1 fully saturated rings. The third-order valence-corrected chi connectivity index (χ3v) is 7.27. The lowest BCUT2D eigenvalue weighted by Gasteiger charge is -2.38. The van der Waals surface area contributed by atoms with Crippen molar-refractivity contribution in [2.75, 3.05) is 31.1 Å². The van der Waals surface area contributed by atoms with Crippen LogP contribution in [0.2, 0.25) is 0 Å². The molecule has 0 N–H and O–H groups in total. The van der Waals surface area contributed by atoms with Crippen LogP contribution in [0.15, 0.2) is 54.6 Å². The quantitative estimate of drug-likeness (QED) is 0.399. The molecule has 0 unspecified atom stereocenters. The molecule has 166 valence electrons. The Bertz CT molecular complexity index is 1100. The predicted octanol–water partition coefficient (Wildman–Crippen LogP) is 4.38. The van der Waals surface area contributed by atoms with Crippen LogP contribution in [0, 0.1) is 0 Å². The Morgan fingerprint density at radius 1 is 0.969 bits per heavy atom. The Hall–Kier alpha value is -2.84. The van der Waals surface area contributed by atoms with Gasteiger partial charge < -0.3 is 4.90 Å². The number of thiazole rings is 1. The molecule has 3 heterocycles. The largest absolute Gasteiger partial charge is 0.345 e. The van der Waals surface area contributed by atoms with Crippen molar-refractivity contribution >= 4 is 26.7 Å². The fourth-order valence-corrected chi connectivity index (χ4v) is 5.43. The topological polar surface area (TPSA) is 63.0 Å². The molecule has 4 aromatic rings. The normalized spacial score (nSPS) is 16.0. The van der Waals surface area contributed by atoms with Gasteiger partial charge in [0.2, 0.25) is 0 Å². The Labute approximate surface area is 192 Å². The smallest absolute Gasteiger partial charge is 0.186 e. The number of para-hydroxylation sites is 1. The van der Waals surface area contributed by atoms with Crippen molar-refractivity contribution < 1.29 is 0 Å². The van der Waals surface area contributed by atoms with Gasteiger partial charge in [0.1, 0.15) is 0 Å². The van der Waals surface area contributed by atoms with E-state index in [-0.39, 0.29) is 6.04 Å². The molecular weight excluding hydrogens is 418 g/mol. The highest BCUT2D eigenvalue weighted by Crippen LogP contribution is 2.31. The Kier molecular flexibility index (Phi) is 6.41. The molecule has 2 aromatic heterocycles. The summed E-state index contributed by atoms with van der Waals surface area (Å²) in [6.45, 7) is 6.88. The number of hydrogen-bond donors (Lipinski definition) is 0. The highest BCUT2D eigenvalue weighted by atomic mass is 32.1. The fraction of sp³-hybridized carbons (Fsp3) is 0.417. The number of rotatable bonds is 8. The summed E-state index contributed by atoms with van der Waals surface area (Å²) in [6, 6.07) is 19.1. The number of nitrogens with zero attached hydrogens (tertiary/aromatic N) is 7. The number of benzene rings is 2. The third-order valence-electron chi connectivity index (χ3n) is 6.17. The first-order valence-corrected chi connectivity index (χ1v) is 12.3. The highest BCUT2D eigenvalue weighted by molar-refractivity contribution is 7.22. The molecule has 7 nitrogen and oxygen atoms in total. The van der Waals surface area contributed by atoms with Crippen molar-refractivity contribution in [2.45, 2.75) is 38.8 Å². The van der Waals surface area contributed by atoms with Gasteiger partial charge in [-0.2, -0.15) is 0 Å². The summed E-state index contributed by atoms with van der Waals surface area (Å²) in [6.07, 6.45) is 3.41. The molecule has 0 spiro atoms. The van der Waals surface area contributed by atoms with Gasteiger partial charge in [-0.05, 0) is 34.5 Å². The second-order valence-corrected chi connectivity index (χ2v) is 9.33. The zero-order valence-corrected chi connectivity index (χ0v) is 19.3. The first kappa shape index (κ1) is 21.0. The van der Waals surface area contributed by atoms with E-state index >= 15 is 0 Å². The average molecular weight is 448 g/mol. The van der Waals surface area contributed by atoms with Gasteiger partial charge in [-0.1, -0.05) is 73.6 Å². The summed E-state index contributed by atoms with van der Waals surface area (Å²) < 4.78 is 3.24. The van der Waals surface area contributed by atoms with E-state index in [1.54, 1.807) is 11.3 Å². The van der Waals surface area contributed by atoms with Gasteiger partial charge >= 0.3 is 0 Å². The molecule has 8 heteroatoms. The van der Waals surface area contributed by atoms with Crippen LogP contribution in [-0.4, -0.2) is 56.3 Å². The third kappa shape index (κ3) is 4.52. The Morgan fingerprint density at radius 2 is 1.75 bits per heavy atom. The highest BCUT2D eigenvalue weighted by Gasteiger charge is 2.29. The summed E-state index contributed by atoms with van der Waals surface area (Å²) in [5.74, 6) is 0.982. The van der Waals surface area contributed by atoms with E-state index < -0.39 is 0 Å². The van der Waals surface area contributed by atoms with E-state index in [0.29, 0.717) is 6.54 Å². The van der Waals surface area contributed by atoms with Crippen molar-refractivity contribution in [3.05, 3.63) is 66.0 Å². The second-order valence-electron chi connectivity index (χ2n) is 8.33. The molecule has 1 saturated heterocycles. The monoisotopic (exact) mass is 447 g/mol. The standard InChI is InChI=1S/C24H29N7S/c1-2-3-12-21(23-26-27-28-31(23)18-19-9-5-4-6-10-19)29-14-16-30(17-15-29)24-25-20-11-7-8-13-22(20)32-24/h4-11,13,21H,2-3,12,14-18H2,1H3/t21-/m1/s1. The summed E-state index contributed by atoms with van der Waals surface area (Å²) in [7, 11) is 0. The lowest BCUT2D eigenvalue weighted by molar-refractivity contribution is 0.163. The number of piperazine rings is 1. The van der Waals surface area contributed by atoms with Gasteiger partial charge in [0.15, 0.2) is 11.0 Å². The summed E-state index contributed by atoms with van der Waals surface area (Å²) in [5.41, 5.74) is 2.31. The van der Waals surface area contributed by atoms with Crippen molar-refractivity contribution in [2.24, 2.45) is 0 Å². The molecule has 1 aliphatic heterocycles. The minimum Gasteiger partial charge on any atom is -0.345 e. The summed E-state index contributed by atoms with van der Waals surface area (Å²) in [5, 5.41) is 14.0. The number of hydrogen-bond acceptors (Lipinski definition) is 7. The van der Waals surface area contributed by atoms with Gasteiger partial charge in [-0.25, -0.2) is 9.67 Å². The first-order valence-electron chi connectivity index (χ1n) is 11.5. The molecular formula is C24H29N7S. The Morgan fingerprint density at radius 3 is 2.53 bits per heavy atom. The number of unbranched alkanes of at least 4 members (excludes halogenated alkanes) is 1. The van der Waals surface area contributed by atoms with E-state index in [0.717, 1.165) is 49.1 Å². The zero-order chi connectivity index (χ0) is 21.8. The fourth-order valence-electron chi connectivity index (χ4n) is 4.41. The molecule has 0 aliphatic carbocycles. The van der Waals surface area contributed by atoms with Crippen molar-refractivity contribution in [3.8, 4) is 0 Å². The van der Waals surface area contributed by atoms with Gasteiger partial charge in [-0.15, -0.1) is 5.10 Å². The van der Waals surface area contributed by atoms with Gasteiger partial charge in [0, 0.05) is 26.2 Å². The molecule has 5 rings (SSSR count). The summed E-state index contributed by atoms with van der Waals surface area (Å²) >= 11 is 1.79. The van der Waals surface area contributed by atoms with Crippen molar-refractivity contribution in [3.63, 3.8) is 0 Å². The average Bonchev–Trinajstić information content (AvgIpc) is 3.48. The van der Waals surface area contributed by atoms with Crippen LogP contribution in [-0.2, 0) is 6.54 Å². The zero-order valence-electron chi connectivity index (χ0n) is 18.5. The van der Waals surface area contributed by atoms with Crippen molar-refractivity contribution in [1.29, 1.82) is 0 Å².